The van der Waals surface area contributed by atoms with Gasteiger partial charge in [0.2, 0.25) is 0 Å². The minimum absolute atomic E-state index is 0.0400. The van der Waals surface area contributed by atoms with Crippen LogP contribution in [0.3, 0.4) is 0 Å². The first-order valence-electron chi connectivity index (χ1n) is 10.1. The number of esters is 1. The molecular formula is C20H38O3. The van der Waals surface area contributed by atoms with Gasteiger partial charge >= 0.3 is 5.97 Å². The number of hydrogen-bond acceptors (Lipinski definition) is 3. The summed E-state index contributed by atoms with van der Waals surface area (Å²) in [5, 5.41) is 8.73. The van der Waals surface area contributed by atoms with E-state index in [2.05, 4.69) is 6.92 Å². The zero-order chi connectivity index (χ0) is 16.8. The Hall–Kier alpha value is -0.570. The molecule has 3 nitrogen and oxygen atoms in total. The first-order valence-corrected chi connectivity index (χ1v) is 10.1. The van der Waals surface area contributed by atoms with Gasteiger partial charge in [0, 0.05) is 6.61 Å². The highest BCUT2D eigenvalue weighted by Gasteiger charge is 2.40. The van der Waals surface area contributed by atoms with Gasteiger partial charge in [-0.15, -0.1) is 0 Å². The number of carbonyl (C=O) groups is 1. The molecule has 1 heterocycles. The monoisotopic (exact) mass is 326 g/mol. The summed E-state index contributed by atoms with van der Waals surface area (Å²) in [6.45, 7) is 2.56. The second-order valence-corrected chi connectivity index (χ2v) is 7.13. The highest BCUT2D eigenvalue weighted by atomic mass is 16.6. The molecule has 0 spiro atoms. The molecule has 1 aliphatic rings. The van der Waals surface area contributed by atoms with E-state index in [1.165, 1.54) is 64.2 Å². The molecule has 1 aliphatic heterocycles. The third kappa shape index (κ3) is 9.34. The largest absolute Gasteiger partial charge is 0.461 e. The summed E-state index contributed by atoms with van der Waals surface area (Å²) in [5.74, 6) is 0.228. The smallest absolute Gasteiger partial charge is 0.313 e. The molecule has 0 aliphatic carbocycles. The van der Waals surface area contributed by atoms with E-state index in [-0.39, 0.29) is 18.0 Å². The van der Waals surface area contributed by atoms with E-state index in [1.807, 2.05) is 0 Å². The van der Waals surface area contributed by atoms with Crippen molar-refractivity contribution in [3.8, 4) is 0 Å². The molecule has 0 saturated carbocycles. The summed E-state index contributed by atoms with van der Waals surface area (Å²) in [6.07, 6.45) is 18.4. The van der Waals surface area contributed by atoms with Crippen LogP contribution in [0.4, 0.5) is 0 Å². The highest BCUT2D eigenvalue weighted by molar-refractivity contribution is 5.78. The van der Waals surface area contributed by atoms with Gasteiger partial charge in [0.05, 0.1) is 5.92 Å². The van der Waals surface area contributed by atoms with Crippen LogP contribution in [0.2, 0.25) is 0 Å². The molecule has 1 fully saturated rings. The van der Waals surface area contributed by atoms with Crippen LogP contribution in [0.5, 0.6) is 0 Å². The van der Waals surface area contributed by atoms with E-state index >= 15 is 0 Å². The Kier molecular flexibility index (Phi) is 12.3. The lowest BCUT2D eigenvalue weighted by Gasteiger charge is -2.35. The van der Waals surface area contributed by atoms with Crippen LogP contribution < -0.4 is 0 Å². The van der Waals surface area contributed by atoms with Crippen LogP contribution in [0.15, 0.2) is 0 Å². The molecule has 0 amide bonds. The van der Waals surface area contributed by atoms with Crippen molar-refractivity contribution in [3.63, 3.8) is 0 Å². The first-order chi connectivity index (χ1) is 11.3. The molecule has 0 aromatic rings. The number of rotatable bonds is 16. The minimum atomic E-state index is 0.0400. The molecular weight excluding hydrogens is 288 g/mol. The van der Waals surface area contributed by atoms with Crippen molar-refractivity contribution in [3.05, 3.63) is 0 Å². The number of aliphatic hydroxyl groups is 1. The molecule has 0 bridgehead atoms. The maximum Gasteiger partial charge on any atom is 0.313 e. The lowest BCUT2D eigenvalue weighted by atomic mass is 9.87. The average molecular weight is 327 g/mol. The van der Waals surface area contributed by atoms with Crippen LogP contribution in [0.25, 0.3) is 0 Å². The Morgan fingerprint density at radius 2 is 1.30 bits per heavy atom. The molecule has 1 saturated heterocycles. The SMILES string of the molecule is CCCCCCCCCC1OC(=O)C1CCCCCCCCO. The number of aliphatic hydroxyl groups excluding tert-OH is 1. The van der Waals surface area contributed by atoms with Crippen molar-refractivity contribution in [2.24, 2.45) is 5.92 Å². The van der Waals surface area contributed by atoms with Crippen molar-refractivity contribution in [1.82, 2.24) is 0 Å². The Labute approximate surface area is 143 Å². The van der Waals surface area contributed by atoms with Gasteiger partial charge in [0.1, 0.15) is 6.10 Å². The summed E-state index contributed by atoms with van der Waals surface area (Å²) in [5.41, 5.74) is 0. The lowest BCUT2D eigenvalue weighted by molar-refractivity contribution is -0.186. The zero-order valence-corrected chi connectivity index (χ0v) is 15.2. The van der Waals surface area contributed by atoms with E-state index in [0.29, 0.717) is 6.61 Å². The summed E-state index contributed by atoms with van der Waals surface area (Å²) in [4.78, 5) is 11.6. The normalized spacial score (nSPS) is 20.3. The van der Waals surface area contributed by atoms with Crippen molar-refractivity contribution in [1.29, 1.82) is 0 Å². The Morgan fingerprint density at radius 3 is 1.87 bits per heavy atom. The van der Waals surface area contributed by atoms with E-state index in [0.717, 1.165) is 32.1 Å². The predicted octanol–water partition coefficient (Wildman–Crippen LogP) is 5.39. The van der Waals surface area contributed by atoms with Crippen molar-refractivity contribution < 1.29 is 14.6 Å². The fourth-order valence-corrected chi connectivity index (χ4v) is 3.45. The first kappa shape index (κ1) is 20.5. The molecule has 0 aromatic heterocycles. The van der Waals surface area contributed by atoms with Crippen molar-refractivity contribution in [2.75, 3.05) is 6.61 Å². The molecule has 1 N–H and O–H groups in total. The van der Waals surface area contributed by atoms with Crippen LogP contribution in [-0.2, 0) is 9.53 Å². The summed E-state index contributed by atoms with van der Waals surface area (Å²) in [7, 11) is 0. The van der Waals surface area contributed by atoms with Crippen molar-refractivity contribution >= 4 is 5.97 Å². The predicted molar refractivity (Wildman–Crippen MR) is 95.4 cm³/mol. The molecule has 0 aromatic carbocycles. The molecule has 0 radical (unpaired) electrons. The maximum atomic E-state index is 11.6. The number of ether oxygens (including phenoxy) is 1. The molecule has 3 heteroatoms. The average Bonchev–Trinajstić information content (AvgIpc) is 2.55. The van der Waals surface area contributed by atoms with Gasteiger partial charge in [-0.25, -0.2) is 0 Å². The Bertz CT molecular complexity index is 291. The van der Waals surface area contributed by atoms with Gasteiger partial charge in [-0.3, -0.25) is 4.79 Å². The topological polar surface area (TPSA) is 46.5 Å². The molecule has 23 heavy (non-hydrogen) atoms. The lowest BCUT2D eigenvalue weighted by Crippen LogP contribution is -2.44. The van der Waals surface area contributed by atoms with Crippen molar-refractivity contribution in [2.45, 2.75) is 109 Å². The number of carbonyl (C=O) groups excluding carboxylic acids is 1. The van der Waals surface area contributed by atoms with Gasteiger partial charge in [0.25, 0.3) is 0 Å². The zero-order valence-electron chi connectivity index (χ0n) is 15.2. The second kappa shape index (κ2) is 13.8. The number of unbranched alkanes of at least 4 members (excludes halogenated alkanes) is 11. The maximum absolute atomic E-state index is 11.6. The molecule has 1 rings (SSSR count). The van der Waals surface area contributed by atoms with Crippen LogP contribution in [0, 0.1) is 5.92 Å². The third-order valence-corrected chi connectivity index (χ3v) is 5.03. The minimum Gasteiger partial charge on any atom is -0.461 e. The fraction of sp³-hybridized carbons (Fsp3) is 0.950. The standard InChI is InChI=1S/C20H38O3/c1-2-3-4-5-6-10-13-16-19-18(20(22)23-19)15-12-9-7-8-11-14-17-21/h18-19,21H,2-17H2,1H3. The van der Waals surface area contributed by atoms with E-state index in [4.69, 9.17) is 9.84 Å². The van der Waals surface area contributed by atoms with Crippen LogP contribution in [0.1, 0.15) is 103 Å². The second-order valence-electron chi connectivity index (χ2n) is 7.13. The van der Waals surface area contributed by atoms with E-state index < -0.39 is 0 Å². The quantitative estimate of drug-likeness (QED) is 0.305. The van der Waals surface area contributed by atoms with E-state index in [1.54, 1.807) is 0 Å². The summed E-state index contributed by atoms with van der Waals surface area (Å²) < 4.78 is 5.34. The van der Waals surface area contributed by atoms with Gasteiger partial charge < -0.3 is 9.84 Å². The Balaban J connectivity index is 1.95. The highest BCUT2D eigenvalue weighted by Crippen LogP contribution is 2.31. The number of hydrogen-bond donors (Lipinski definition) is 1. The van der Waals surface area contributed by atoms with Crippen LogP contribution in [-0.4, -0.2) is 23.8 Å². The molecule has 2 atom stereocenters. The molecule has 136 valence electrons. The van der Waals surface area contributed by atoms with Gasteiger partial charge in [-0.2, -0.15) is 0 Å². The van der Waals surface area contributed by atoms with Gasteiger partial charge in [-0.1, -0.05) is 77.6 Å². The van der Waals surface area contributed by atoms with Gasteiger partial charge in [-0.05, 0) is 25.7 Å². The summed E-state index contributed by atoms with van der Waals surface area (Å²) >= 11 is 0. The number of cyclic esters (lactones) is 1. The fourth-order valence-electron chi connectivity index (χ4n) is 3.45. The summed E-state index contributed by atoms with van der Waals surface area (Å²) in [6, 6.07) is 0. The third-order valence-electron chi connectivity index (χ3n) is 5.03. The Morgan fingerprint density at radius 1 is 0.783 bits per heavy atom. The molecule has 2 unspecified atom stereocenters. The van der Waals surface area contributed by atoms with Gasteiger partial charge in [0.15, 0.2) is 0 Å². The van der Waals surface area contributed by atoms with Crippen LogP contribution >= 0.6 is 0 Å². The van der Waals surface area contributed by atoms with E-state index in [9.17, 15) is 4.79 Å².